The minimum absolute atomic E-state index is 0.00849. The third-order valence-corrected chi connectivity index (χ3v) is 5.43. The van der Waals surface area contributed by atoms with E-state index in [2.05, 4.69) is 20.4 Å². The summed E-state index contributed by atoms with van der Waals surface area (Å²) < 4.78 is 5.50. The molecule has 1 aliphatic heterocycles. The van der Waals surface area contributed by atoms with Crippen molar-refractivity contribution in [3.8, 4) is 11.4 Å². The van der Waals surface area contributed by atoms with Crippen LogP contribution < -0.4 is 5.32 Å². The van der Waals surface area contributed by atoms with Gasteiger partial charge in [-0.3, -0.25) is 14.5 Å². The summed E-state index contributed by atoms with van der Waals surface area (Å²) in [4.78, 5) is 32.6. The number of piperazine rings is 1. The molecular weight excluding hydrogens is 394 g/mol. The number of nitrogens with zero attached hydrogens (tertiary/aromatic N) is 4. The fourth-order valence-corrected chi connectivity index (χ4v) is 3.66. The molecule has 3 aromatic rings. The van der Waals surface area contributed by atoms with E-state index in [-0.39, 0.29) is 17.9 Å². The first-order chi connectivity index (χ1) is 15.0. The first kappa shape index (κ1) is 20.7. The molecule has 0 bridgehead atoms. The molecule has 2 aromatic carbocycles. The van der Waals surface area contributed by atoms with E-state index in [0.29, 0.717) is 36.1 Å². The van der Waals surface area contributed by atoms with Crippen molar-refractivity contribution in [2.45, 2.75) is 19.9 Å². The largest absolute Gasteiger partial charge is 0.337 e. The minimum atomic E-state index is -0.138. The molecule has 1 aliphatic rings. The summed E-state index contributed by atoms with van der Waals surface area (Å²) in [5, 5.41) is 6.81. The highest BCUT2D eigenvalue weighted by atomic mass is 16.5. The average molecular weight is 419 g/mol. The molecule has 160 valence electrons. The first-order valence-corrected chi connectivity index (χ1v) is 10.3. The molecule has 1 saturated heterocycles. The Kier molecular flexibility index (Phi) is 6.08. The van der Waals surface area contributed by atoms with Gasteiger partial charge in [-0.2, -0.15) is 4.98 Å². The number of anilines is 1. The Morgan fingerprint density at radius 3 is 2.32 bits per heavy atom. The van der Waals surface area contributed by atoms with Crippen LogP contribution in [0, 0.1) is 0 Å². The minimum Gasteiger partial charge on any atom is -0.337 e. The van der Waals surface area contributed by atoms with Crippen LogP contribution in [0.3, 0.4) is 0 Å². The molecule has 1 fully saturated rings. The van der Waals surface area contributed by atoms with Crippen LogP contribution in [-0.2, 0) is 4.79 Å². The second kappa shape index (κ2) is 9.09. The maximum atomic E-state index is 12.8. The summed E-state index contributed by atoms with van der Waals surface area (Å²) in [6.07, 6.45) is 0. The molecule has 0 radical (unpaired) electrons. The lowest BCUT2D eigenvalue weighted by atomic mass is 10.1. The quantitative estimate of drug-likeness (QED) is 0.683. The van der Waals surface area contributed by atoms with Gasteiger partial charge in [0.2, 0.25) is 17.6 Å². The van der Waals surface area contributed by atoms with Gasteiger partial charge in [-0.05, 0) is 31.2 Å². The summed E-state index contributed by atoms with van der Waals surface area (Å²) in [6, 6.07) is 16.7. The second-order valence-electron chi connectivity index (χ2n) is 7.58. The zero-order chi connectivity index (χ0) is 21.8. The van der Waals surface area contributed by atoms with E-state index < -0.39 is 0 Å². The van der Waals surface area contributed by atoms with Crippen molar-refractivity contribution >= 4 is 17.5 Å². The Bertz CT molecular complexity index is 1040. The molecule has 2 amide bonds. The van der Waals surface area contributed by atoms with E-state index >= 15 is 0 Å². The van der Waals surface area contributed by atoms with Crippen molar-refractivity contribution in [1.82, 2.24) is 19.9 Å². The lowest BCUT2D eigenvalue weighted by molar-refractivity contribution is -0.114. The number of rotatable bonds is 5. The Balaban J connectivity index is 1.34. The molecule has 2 heterocycles. The molecule has 1 atom stereocenters. The summed E-state index contributed by atoms with van der Waals surface area (Å²) in [7, 11) is 0. The van der Waals surface area contributed by atoms with Crippen LogP contribution in [-0.4, -0.2) is 57.9 Å². The highest BCUT2D eigenvalue weighted by Gasteiger charge is 2.28. The third-order valence-electron chi connectivity index (χ3n) is 5.43. The van der Waals surface area contributed by atoms with Gasteiger partial charge in [0, 0.05) is 49.9 Å². The molecule has 8 heteroatoms. The summed E-state index contributed by atoms with van der Waals surface area (Å²) in [5.41, 5.74) is 2.21. The molecule has 0 aliphatic carbocycles. The monoisotopic (exact) mass is 419 g/mol. The highest BCUT2D eigenvalue weighted by molar-refractivity contribution is 5.95. The summed E-state index contributed by atoms with van der Waals surface area (Å²) >= 11 is 0. The molecule has 1 unspecified atom stereocenters. The fourth-order valence-electron chi connectivity index (χ4n) is 3.66. The number of carbonyl (C=O) groups excluding carboxylic acids is 2. The van der Waals surface area contributed by atoms with Crippen molar-refractivity contribution in [3.63, 3.8) is 0 Å². The summed E-state index contributed by atoms with van der Waals surface area (Å²) in [5.74, 6) is 1.01. The van der Waals surface area contributed by atoms with Crippen molar-refractivity contribution in [1.29, 1.82) is 0 Å². The molecule has 8 nitrogen and oxygen atoms in total. The van der Waals surface area contributed by atoms with Crippen LogP contribution in [0.1, 0.15) is 36.1 Å². The van der Waals surface area contributed by atoms with Gasteiger partial charge in [0.1, 0.15) is 0 Å². The Labute approximate surface area is 180 Å². The van der Waals surface area contributed by atoms with Gasteiger partial charge in [0.15, 0.2) is 0 Å². The van der Waals surface area contributed by atoms with Crippen LogP contribution in [0.15, 0.2) is 59.1 Å². The van der Waals surface area contributed by atoms with Crippen molar-refractivity contribution in [2.75, 3.05) is 31.5 Å². The molecule has 1 N–H and O–H groups in total. The second-order valence-corrected chi connectivity index (χ2v) is 7.58. The lowest BCUT2D eigenvalue weighted by Crippen LogP contribution is -2.49. The van der Waals surface area contributed by atoms with E-state index in [1.807, 2.05) is 42.2 Å². The normalized spacial score (nSPS) is 15.5. The smallest absolute Gasteiger partial charge is 0.253 e. The van der Waals surface area contributed by atoms with Gasteiger partial charge in [-0.25, -0.2) is 0 Å². The Morgan fingerprint density at radius 1 is 1.00 bits per heavy atom. The van der Waals surface area contributed by atoms with Gasteiger partial charge in [-0.15, -0.1) is 0 Å². The highest BCUT2D eigenvalue weighted by Crippen LogP contribution is 2.24. The van der Waals surface area contributed by atoms with Gasteiger partial charge in [0.25, 0.3) is 5.91 Å². The Hall–Kier alpha value is -3.52. The maximum absolute atomic E-state index is 12.8. The van der Waals surface area contributed by atoms with Gasteiger partial charge in [-0.1, -0.05) is 35.5 Å². The maximum Gasteiger partial charge on any atom is 0.253 e. The van der Waals surface area contributed by atoms with Crippen LogP contribution in [0.25, 0.3) is 11.4 Å². The average Bonchev–Trinajstić information content (AvgIpc) is 3.29. The molecule has 1 aromatic heterocycles. The van der Waals surface area contributed by atoms with Gasteiger partial charge < -0.3 is 14.7 Å². The van der Waals surface area contributed by atoms with Gasteiger partial charge >= 0.3 is 0 Å². The number of carbonyl (C=O) groups is 2. The molecule has 31 heavy (non-hydrogen) atoms. The SMILES string of the molecule is CC(=O)Nc1ccc(C(=O)N2CCN(C(C)c3nc(-c4ccccc4)no3)CC2)cc1. The number of amides is 2. The molecule has 0 saturated carbocycles. The zero-order valence-electron chi connectivity index (χ0n) is 17.6. The molecule has 4 rings (SSSR count). The van der Waals surface area contributed by atoms with Crippen molar-refractivity contribution in [3.05, 3.63) is 66.1 Å². The van der Waals surface area contributed by atoms with Gasteiger partial charge in [0.05, 0.1) is 6.04 Å². The number of nitrogens with one attached hydrogen (secondary N) is 1. The third kappa shape index (κ3) is 4.80. The Morgan fingerprint density at radius 2 is 1.68 bits per heavy atom. The number of benzene rings is 2. The van der Waals surface area contributed by atoms with Crippen molar-refractivity contribution in [2.24, 2.45) is 0 Å². The summed E-state index contributed by atoms with van der Waals surface area (Å²) in [6.45, 7) is 6.18. The van der Waals surface area contributed by atoms with Crippen LogP contribution >= 0.6 is 0 Å². The van der Waals surface area contributed by atoms with Crippen LogP contribution in [0.4, 0.5) is 5.69 Å². The lowest BCUT2D eigenvalue weighted by Gasteiger charge is -2.36. The number of aromatic nitrogens is 2. The fraction of sp³-hybridized carbons (Fsp3) is 0.304. The first-order valence-electron chi connectivity index (χ1n) is 10.3. The standard InChI is InChI=1S/C23H25N5O3/c1-16(22-25-21(26-31-22)18-6-4-3-5-7-18)27-12-14-28(15-13-27)23(30)19-8-10-20(11-9-19)24-17(2)29/h3-11,16H,12-15H2,1-2H3,(H,24,29). The van der Waals surface area contributed by atoms with E-state index in [1.165, 1.54) is 6.92 Å². The molecular formula is C23H25N5O3. The van der Waals surface area contributed by atoms with E-state index in [1.54, 1.807) is 24.3 Å². The van der Waals surface area contributed by atoms with E-state index in [4.69, 9.17) is 4.52 Å². The number of hydrogen-bond acceptors (Lipinski definition) is 6. The topological polar surface area (TPSA) is 91.6 Å². The predicted octanol–water partition coefficient (Wildman–Crippen LogP) is 3.21. The zero-order valence-corrected chi connectivity index (χ0v) is 17.6. The molecule has 0 spiro atoms. The van der Waals surface area contributed by atoms with Crippen molar-refractivity contribution < 1.29 is 14.1 Å². The predicted molar refractivity (Wildman–Crippen MR) is 116 cm³/mol. The van der Waals surface area contributed by atoms with E-state index in [0.717, 1.165) is 18.7 Å². The van der Waals surface area contributed by atoms with Crippen LogP contribution in [0.5, 0.6) is 0 Å². The van der Waals surface area contributed by atoms with Crippen LogP contribution in [0.2, 0.25) is 0 Å². The van der Waals surface area contributed by atoms with E-state index in [9.17, 15) is 9.59 Å². The number of hydrogen-bond donors (Lipinski definition) is 1.